The molecule has 0 aliphatic carbocycles. The Labute approximate surface area is 74.3 Å². The van der Waals surface area contributed by atoms with E-state index in [1.807, 2.05) is 0 Å². The molecule has 0 spiro atoms. The quantitative estimate of drug-likeness (QED) is 0.607. The van der Waals surface area contributed by atoms with Crippen LogP contribution in [0.1, 0.15) is 6.42 Å². The van der Waals surface area contributed by atoms with Crippen molar-refractivity contribution in [2.45, 2.75) is 6.42 Å². The summed E-state index contributed by atoms with van der Waals surface area (Å²) < 4.78 is 0. The van der Waals surface area contributed by atoms with Crippen molar-refractivity contribution in [3.63, 3.8) is 0 Å². The molecule has 66 valence electrons. The number of hydrogen-bond donors (Lipinski definition) is 1. The predicted molar refractivity (Wildman–Crippen MR) is 44.5 cm³/mol. The Morgan fingerprint density at radius 2 is 2.23 bits per heavy atom. The maximum atomic E-state index is 11.2. The molecule has 0 aromatic carbocycles. The molecule has 5 nitrogen and oxygen atoms in total. The highest BCUT2D eigenvalue weighted by molar-refractivity contribution is 6.11. The topological polar surface area (TPSA) is 62.3 Å². The normalized spacial score (nSPS) is 16.2. The molecular formula is C8H7N3O2. The molecule has 1 aliphatic rings. The van der Waals surface area contributed by atoms with Crippen LogP contribution in [0.3, 0.4) is 0 Å². The lowest BCUT2D eigenvalue weighted by Crippen LogP contribution is -2.36. The molecule has 2 rings (SSSR count). The zero-order valence-electron chi connectivity index (χ0n) is 6.73. The minimum Gasteiger partial charge on any atom is -0.273 e. The Balaban J connectivity index is 2.28. The van der Waals surface area contributed by atoms with Crippen LogP contribution in [0, 0.1) is 0 Å². The lowest BCUT2D eigenvalue weighted by Gasteiger charge is -2.12. The van der Waals surface area contributed by atoms with Gasteiger partial charge < -0.3 is 0 Å². The Bertz CT molecular complexity index is 350. The van der Waals surface area contributed by atoms with Crippen molar-refractivity contribution in [1.82, 2.24) is 10.4 Å². The largest absolute Gasteiger partial charge is 0.273 e. The first-order valence-corrected chi connectivity index (χ1v) is 3.81. The molecule has 1 saturated heterocycles. The van der Waals surface area contributed by atoms with Crippen molar-refractivity contribution in [3.8, 4) is 0 Å². The Morgan fingerprint density at radius 1 is 1.38 bits per heavy atom. The predicted octanol–water partition coefficient (Wildman–Crippen LogP) is -0.151. The van der Waals surface area contributed by atoms with E-state index in [9.17, 15) is 9.59 Å². The summed E-state index contributed by atoms with van der Waals surface area (Å²) >= 11 is 0. The first-order valence-electron chi connectivity index (χ1n) is 3.81. The average Bonchev–Trinajstić information content (AvgIpc) is 2.47. The fourth-order valence-corrected chi connectivity index (χ4v) is 1.11. The van der Waals surface area contributed by atoms with E-state index in [0.29, 0.717) is 5.82 Å². The highest BCUT2D eigenvalue weighted by atomic mass is 16.2. The van der Waals surface area contributed by atoms with E-state index < -0.39 is 0 Å². The van der Waals surface area contributed by atoms with Gasteiger partial charge in [0.05, 0.1) is 0 Å². The van der Waals surface area contributed by atoms with Crippen molar-refractivity contribution < 1.29 is 9.59 Å². The lowest BCUT2D eigenvalue weighted by atomic mass is 10.4. The van der Waals surface area contributed by atoms with E-state index in [1.54, 1.807) is 24.4 Å². The summed E-state index contributed by atoms with van der Waals surface area (Å²) in [5, 5.41) is 1.16. The van der Waals surface area contributed by atoms with Gasteiger partial charge in [-0.05, 0) is 12.1 Å². The van der Waals surface area contributed by atoms with E-state index in [0.717, 1.165) is 5.01 Å². The van der Waals surface area contributed by atoms with Crippen LogP contribution in [0.4, 0.5) is 5.82 Å². The number of anilines is 1. The van der Waals surface area contributed by atoms with Crippen molar-refractivity contribution in [2.24, 2.45) is 0 Å². The number of hydrazine groups is 1. The van der Waals surface area contributed by atoms with Gasteiger partial charge in [0.15, 0.2) is 5.82 Å². The summed E-state index contributed by atoms with van der Waals surface area (Å²) in [7, 11) is 0. The van der Waals surface area contributed by atoms with Gasteiger partial charge in [-0.1, -0.05) is 6.07 Å². The maximum Gasteiger partial charge on any atom is 0.256 e. The van der Waals surface area contributed by atoms with E-state index in [-0.39, 0.29) is 18.2 Å². The minimum atomic E-state index is -0.296. The third-order valence-corrected chi connectivity index (χ3v) is 1.68. The molecule has 0 bridgehead atoms. The molecular weight excluding hydrogens is 170 g/mol. The van der Waals surface area contributed by atoms with Crippen molar-refractivity contribution >= 4 is 17.6 Å². The number of nitrogens with zero attached hydrogens (tertiary/aromatic N) is 2. The molecule has 0 atom stereocenters. The van der Waals surface area contributed by atoms with Gasteiger partial charge in [0.2, 0.25) is 5.91 Å². The minimum absolute atomic E-state index is 0.101. The third kappa shape index (κ3) is 1.35. The van der Waals surface area contributed by atoms with E-state index in [1.165, 1.54) is 0 Å². The van der Waals surface area contributed by atoms with Crippen molar-refractivity contribution in [3.05, 3.63) is 24.4 Å². The van der Waals surface area contributed by atoms with Crippen molar-refractivity contribution in [1.29, 1.82) is 0 Å². The van der Waals surface area contributed by atoms with Crippen LogP contribution >= 0.6 is 0 Å². The fraction of sp³-hybridized carbons (Fsp3) is 0.125. The van der Waals surface area contributed by atoms with Gasteiger partial charge in [-0.2, -0.15) is 0 Å². The zero-order valence-corrected chi connectivity index (χ0v) is 6.73. The number of hydrogen-bond acceptors (Lipinski definition) is 3. The molecule has 5 heteroatoms. The molecule has 1 aromatic heterocycles. The monoisotopic (exact) mass is 177 g/mol. The van der Waals surface area contributed by atoms with Gasteiger partial charge >= 0.3 is 0 Å². The van der Waals surface area contributed by atoms with E-state index in [4.69, 9.17) is 0 Å². The second-order valence-corrected chi connectivity index (χ2v) is 2.63. The first-order chi connectivity index (χ1) is 6.27. The number of aromatic nitrogens is 1. The summed E-state index contributed by atoms with van der Waals surface area (Å²) in [5.74, 6) is -0.127. The van der Waals surface area contributed by atoms with Crippen molar-refractivity contribution in [2.75, 3.05) is 5.01 Å². The van der Waals surface area contributed by atoms with E-state index >= 15 is 0 Å². The Kier molecular flexibility index (Phi) is 1.70. The number of nitrogens with one attached hydrogen (secondary N) is 1. The molecule has 1 aromatic rings. The third-order valence-electron chi connectivity index (χ3n) is 1.68. The molecule has 2 heterocycles. The first kappa shape index (κ1) is 7.72. The van der Waals surface area contributed by atoms with Crippen LogP contribution in [-0.4, -0.2) is 16.8 Å². The molecule has 0 unspecified atom stereocenters. The molecule has 0 radical (unpaired) electrons. The maximum absolute atomic E-state index is 11.2. The lowest BCUT2D eigenvalue weighted by molar-refractivity contribution is -0.122. The molecule has 13 heavy (non-hydrogen) atoms. The van der Waals surface area contributed by atoms with Crippen LogP contribution in [0.5, 0.6) is 0 Å². The van der Waals surface area contributed by atoms with Gasteiger partial charge in [-0.15, -0.1) is 0 Å². The molecule has 0 saturated carbocycles. The number of amides is 2. The molecule has 1 N–H and O–H groups in total. The Hall–Kier alpha value is -1.91. The SMILES string of the molecule is O=C1CC(=O)N(c2ccccn2)N1. The van der Waals surface area contributed by atoms with Gasteiger partial charge in [-0.25, -0.2) is 9.99 Å². The molecule has 2 amide bonds. The summed E-state index contributed by atoms with van der Waals surface area (Å²) in [6, 6.07) is 5.15. The highest BCUT2D eigenvalue weighted by Gasteiger charge is 2.28. The standard InChI is InChI=1S/C8H7N3O2/c12-7-5-8(13)11(10-7)6-3-1-2-4-9-6/h1-4H,5H2,(H,10,12). The zero-order chi connectivity index (χ0) is 9.26. The van der Waals surface area contributed by atoms with Crippen LogP contribution in [0.25, 0.3) is 0 Å². The summed E-state index contributed by atoms with van der Waals surface area (Å²) in [4.78, 5) is 26.0. The van der Waals surface area contributed by atoms with Gasteiger partial charge in [0.1, 0.15) is 6.42 Å². The highest BCUT2D eigenvalue weighted by Crippen LogP contribution is 2.11. The number of pyridine rings is 1. The molecule has 1 fully saturated rings. The summed E-state index contributed by atoms with van der Waals surface area (Å²) in [6.45, 7) is 0. The van der Waals surface area contributed by atoms with Crippen LogP contribution < -0.4 is 10.4 Å². The summed E-state index contributed by atoms with van der Waals surface area (Å²) in [6.07, 6.45) is 1.46. The van der Waals surface area contributed by atoms with Gasteiger partial charge in [-0.3, -0.25) is 15.0 Å². The number of carbonyl (C=O) groups is 2. The Morgan fingerprint density at radius 3 is 2.77 bits per heavy atom. The second kappa shape index (κ2) is 2.85. The van der Waals surface area contributed by atoms with Crippen LogP contribution in [0.2, 0.25) is 0 Å². The number of rotatable bonds is 1. The van der Waals surface area contributed by atoms with Gasteiger partial charge in [0.25, 0.3) is 5.91 Å². The average molecular weight is 177 g/mol. The van der Waals surface area contributed by atoms with Crippen LogP contribution in [0.15, 0.2) is 24.4 Å². The second-order valence-electron chi connectivity index (χ2n) is 2.63. The van der Waals surface area contributed by atoms with Crippen LogP contribution in [-0.2, 0) is 9.59 Å². The smallest absolute Gasteiger partial charge is 0.256 e. The summed E-state index contributed by atoms with van der Waals surface area (Å²) in [5.41, 5.74) is 2.40. The fourth-order valence-electron chi connectivity index (χ4n) is 1.11. The molecule has 1 aliphatic heterocycles. The van der Waals surface area contributed by atoms with E-state index in [2.05, 4.69) is 10.4 Å². The number of carbonyl (C=O) groups excluding carboxylic acids is 2. The van der Waals surface area contributed by atoms with Gasteiger partial charge in [0, 0.05) is 6.20 Å².